The molecule has 0 spiro atoms. The Balaban J connectivity index is 1.42. The van der Waals surface area contributed by atoms with Crippen molar-refractivity contribution in [2.24, 2.45) is 5.41 Å². The van der Waals surface area contributed by atoms with Crippen LogP contribution in [0.1, 0.15) is 38.6 Å². The van der Waals surface area contributed by atoms with Crippen LogP contribution in [0.15, 0.2) is 30.9 Å². The van der Waals surface area contributed by atoms with E-state index in [0.717, 1.165) is 86.5 Å². The second-order valence-electron chi connectivity index (χ2n) is 8.64. The molecule has 7 heteroatoms. The zero-order valence-corrected chi connectivity index (χ0v) is 17.0. The lowest BCUT2D eigenvalue weighted by Crippen LogP contribution is -2.38. The fourth-order valence-corrected chi connectivity index (χ4v) is 4.43. The minimum Gasteiger partial charge on any atom is -0.492 e. The molecule has 2 aliphatic heterocycles. The quantitative estimate of drug-likeness (QED) is 0.691. The monoisotopic (exact) mass is 395 g/mol. The highest BCUT2D eigenvalue weighted by molar-refractivity contribution is 5.97. The second kappa shape index (κ2) is 7.80. The zero-order chi connectivity index (χ0) is 19.7. The molecule has 0 unspecified atom stereocenters. The standard InChI is InChI=1S/C22H29N5O2/c1-22(5-8-23-9-6-22)15-29-19-2-7-24-21-20(19)18(13-25-21)16-12-26-27(14-16)17-3-10-28-11-4-17/h2,7,12-14,17,23H,3-6,8-11,15H2,1H3,(H,24,25). The number of ether oxygens (including phenoxy) is 2. The van der Waals surface area contributed by atoms with E-state index in [1.54, 1.807) is 0 Å². The first-order valence-electron chi connectivity index (χ1n) is 10.6. The number of pyridine rings is 1. The summed E-state index contributed by atoms with van der Waals surface area (Å²) < 4.78 is 13.9. The first-order valence-corrected chi connectivity index (χ1v) is 10.6. The van der Waals surface area contributed by atoms with Gasteiger partial charge in [0.15, 0.2) is 0 Å². The van der Waals surface area contributed by atoms with E-state index >= 15 is 0 Å². The van der Waals surface area contributed by atoms with E-state index < -0.39 is 0 Å². The summed E-state index contributed by atoms with van der Waals surface area (Å²) in [7, 11) is 0. The number of fused-ring (bicyclic) bond motifs is 1. The lowest BCUT2D eigenvalue weighted by Gasteiger charge is -2.33. The maximum absolute atomic E-state index is 6.37. The molecule has 2 N–H and O–H groups in total. The molecule has 0 amide bonds. The van der Waals surface area contributed by atoms with E-state index in [0.29, 0.717) is 6.04 Å². The van der Waals surface area contributed by atoms with Gasteiger partial charge in [0, 0.05) is 48.3 Å². The summed E-state index contributed by atoms with van der Waals surface area (Å²) >= 11 is 0. The molecular weight excluding hydrogens is 366 g/mol. The van der Waals surface area contributed by atoms with Crippen LogP contribution in [0.5, 0.6) is 5.75 Å². The summed E-state index contributed by atoms with van der Waals surface area (Å²) in [4.78, 5) is 7.81. The number of H-pyrrole nitrogens is 1. The third kappa shape index (κ3) is 3.76. The highest BCUT2D eigenvalue weighted by atomic mass is 16.5. The van der Waals surface area contributed by atoms with Gasteiger partial charge in [0.2, 0.25) is 0 Å². The fourth-order valence-electron chi connectivity index (χ4n) is 4.43. The molecule has 0 aromatic carbocycles. The smallest absolute Gasteiger partial charge is 0.141 e. The highest BCUT2D eigenvalue weighted by Gasteiger charge is 2.28. The van der Waals surface area contributed by atoms with E-state index in [1.165, 1.54) is 0 Å². The maximum atomic E-state index is 6.37. The predicted octanol–water partition coefficient (Wildman–Crippen LogP) is 3.55. The van der Waals surface area contributed by atoms with Crippen molar-refractivity contribution in [3.05, 3.63) is 30.9 Å². The topological polar surface area (TPSA) is 77.0 Å². The molecule has 0 bridgehead atoms. The molecule has 2 aliphatic rings. The number of aromatic amines is 1. The van der Waals surface area contributed by atoms with Gasteiger partial charge in [-0.25, -0.2) is 4.98 Å². The number of rotatable bonds is 5. The van der Waals surface area contributed by atoms with E-state index in [4.69, 9.17) is 9.47 Å². The normalized spacial score (nSPS) is 20.2. The van der Waals surface area contributed by atoms with Crippen LogP contribution in [0.25, 0.3) is 22.2 Å². The van der Waals surface area contributed by atoms with Crippen LogP contribution in [-0.2, 0) is 4.74 Å². The molecular formula is C22H29N5O2. The molecule has 0 aliphatic carbocycles. The predicted molar refractivity (Wildman–Crippen MR) is 112 cm³/mol. The lowest BCUT2D eigenvalue weighted by molar-refractivity contribution is 0.0662. The van der Waals surface area contributed by atoms with Crippen molar-refractivity contribution in [2.45, 2.75) is 38.6 Å². The Hall–Kier alpha value is -2.38. The molecule has 0 saturated carbocycles. The minimum absolute atomic E-state index is 0.214. The first kappa shape index (κ1) is 18.6. The third-order valence-corrected chi connectivity index (χ3v) is 6.40. The zero-order valence-electron chi connectivity index (χ0n) is 17.0. The van der Waals surface area contributed by atoms with Gasteiger partial charge in [0.1, 0.15) is 11.4 Å². The van der Waals surface area contributed by atoms with Crippen LogP contribution in [0.3, 0.4) is 0 Å². The number of nitrogens with one attached hydrogen (secondary N) is 2. The van der Waals surface area contributed by atoms with Crippen molar-refractivity contribution < 1.29 is 9.47 Å². The van der Waals surface area contributed by atoms with Crippen LogP contribution >= 0.6 is 0 Å². The molecule has 3 aromatic rings. The van der Waals surface area contributed by atoms with E-state index in [2.05, 4.69) is 38.2 Å². The van der Waals surface area contributed by atoms with Crippen molar-refractivity contribution in [2.75, 3.05) is 32.9 Å². The molecule has 3 aromatic heterocycles. The van der Waals surface area contributed by atoms with Gasteiger partial charge in [0.25, 0.3) is 0 Å². The average molecular weight is 396 g/mol. The third-order valence-electron chi connectivity index (χ3n) is 6.40. The Morgan fingerprint density at radius 2 is 2.10 bits per heavy atom. The Labute approximate surface area is 170 Å². The summed E-state index contributed by atoms with van der Waals surface area (Å²) in [5.74, 6) is 0.893. The second-order valence-corrected chi connectivity index (χ2v) is 8.64. The maximum Gasteiger partial charge on any atom is 0.141 e. The lowest BCUT2D eigenvalue weighted by atomic mass is 9.82. The minimum atomic E-state index is 0.214. The molecule has 0 radical (unpaired) electrons. The van der Waals surface area contributed by atoms with Crippen molar-refractivity contribution in [1.29, 1.82) is 0 Å². The van der Waals surface area contributed by atoms with Gasteiger partial charge in [-0.15, -0.1) is 0 Å². The number of hydrogen-bond donors (Lipinski definition) is 2. The number of piperidine rings is 1. The van der Waals surface area contributed by atoms with E-state index in [-0.39, 0.29) is 5.41 Å². The summed E-state index contributed by atoms with van der Waals surface area (Å²) in [6.07, 6.45) is 12.2. The van der Waals surface area contributed by atoms with Crippen LogP contribution < -0.4 is 10.1 Å². The van der Waals surface area contributed by atoms with Crippen LogP contribution in [-0.4, -0.2) is 52.7 Å². The van der Waals surface area contributed by atoms with Crippen molar-refractivity contribution in [1.82, 2.24) is 25.1 Å². The molecule has 7 nitrogen and oxygen atoms in total. The molecule has 29 heavy (non-hydrogen) atoms. The fraction of sp³-hybridized carbons (Fsp3) is 0.545. The molecule has 2 saturated heterocycles. The summed E-state index contributed by atoms with van der Waals surface area (Å²) in [6, 6.07) is 2.39. The molecule has 5 heterocycles. The van der Waals surface area contributed by atoms with E-state index in [9.17, 15) is 0 Å². The van der Waals surface area contributed by atoms with Crippen molar-refractivity contribution >= 4 is 11.0 Å². The molecule has 0 atom stereocenters. The molecule has 5 rings (SSSR count). The van der Waals surface area contributed by atoms with Gasteiger partial charge in [-0.05, 0) is 44.8 Å². The summed E-state index contributed by atoms with van der Waals surface area (Å²) in [6.45, 7) is 6.78. The van der Waals surface area contributed by atoms with Gasteiger partial charge in [-0.1, -0.05) is 6.92 Å². The molecule has 2 fully saturated rings. The van der Waals surface area contributed by atoms with Gasteiger partial charge < -0.3 is 19.8 Å². The molecule has 154 valence electrons. The number of hydrogen-bond acceptors (Lipinski definition) is 5. The number of aromatic nitrogens is 4. The largest absolute Gasteiger partial charge is 0.492 e. The Bertz CT molecular complexity index is 967. The van der Waals surface area contributed by atoms with E-state index in [1.807, 2.05) is 24.7 Å². The van der Waals surface area contributed by atoms with Crippen molar-refractivity contribution in [3.63, 3.8) is 0 Å². The van der Waals surface area contributed by atoms with Crippen LogP contribution in [0.2, 0.25) is 0 Å². The van der Waals surface area contributed by atoms with Gasteiger partial charge in [-0.3, -0.25) is 4.68 Å². The Morgan fingerprint density at radius 1 is 1.28 bits per heavy atom. The number of nitrogens with zero attached hydrogens (tertiary/aromatic N) is 3. The summed E-state index contributed by atoms with van der Waals surface area (Å²) in [5.41, 5.74) is 3.25. The van der Waals surface area contributed by atoms with Gasteiger partial charge in [0.05, 0.1) is 24.2 Å². The van der Waals surface area contributed by atoms with Crippen LogP contribution in [0.4, 0.5) is 0 Å². The summed E-state index contributed by atoms with van der Waals surface area (Å²) in [5, 5.41) is 9.12. The van der Waals surface area contributed by atoms with Crippen LogP contribution in [0, 0.1) is 5.41 Å². The Morgan fingerprint density at radius 3 is 2.93 bits per heavy atom. The SMILES string of the molecule is CC1(COc2ccnc3[nH]cc(-c4cnn(C5CCOCC5)c4)c23)CCNCC1. The van der Waals surface area contributed by atoms with Gasteiger partial charge in [-0.2, -0.15) is 5.10 Å². The first-order chi connectivity index (χ1) is 14.2. The Kier molecular flexibility index (Phi) is 5.01. The van der Waals surface area contributed by atoms with Crippen molar-refractivity contribution in [3.8, 4) is 16.9 Å². The average Bonchev–Trinajstić information content (AvgIpc) is 3.41. The highest BCUT2D eigenvalue weighted by Crippen LogP contribution is 2.36. The van der Waals surface area contributed by atoms with Gasteiger partial charge >= 0.3 is 0 Å².